The Morgan fingerprint density at radius 2 is 0.391 bits per heavy atom. The zero-order valence-electron chi connectivity index (χ0n) is 76.9. The molecule has 0 saturated heterocycles. The van der Waals surface area contributed by atoms with E-state index in [0.717, 1.165) is 128 Å². The molecule has 0 N–H and O–H groups in total. The quantitative estimate of drug-likeness (QED) is 0.0277. The monoisotopic (exact) mass is 1710 g/mol. The maximum absolute atomic E-state index is 7.12. The van der Waals surface area contributed by atoms with Gasteiger partial charge in [-0.1, -0.05) is 325 Å². The van der Waals surface area contributed by atoms with E-state index in [2.05, 4.69) is 198 Å². The van der Waals surface area contributed by atoms with Gasteiger partial charge in [0.2, 0.25) is 0 Å². The average Bonchev–Trinajstić information content (AvgIpc) is 1.59. The van der Waals surface area contributed by atoms with Crippen molar-refractivity contribution in [3.8, 4) is 46.0 Å². The molecule has 0 atom stereocenters. The second kappa shape index (κ2) is 53.1. The highest BCUT2D eigenvalue weighted by atomic mass is 16.5. The fourth-order valence-corrected chi connectivity index (χ4v) is 16.8. The first kappa shape index (κ1) is 93.9. The van der Waals surface area contributed by atoms with Crippen LogP contribution in [0.15, 0.2) is 307 Å². The van der Waals surface area contributed by atoms with Crippen LogP contribution in [0.2, 0.25) is 0 Å². The van der Waals surface area contributed by atoms with Gasteiger partial charge in [-0.2, -0.15) is 0 Å². The van der Waals surface area contributed by atoms with Crippen molar-refractivity contribution in [2.24, 2.45) is 39.9 Å². The number of aliphatic imine (C=N–C) groups is 8. The summed E-state index contributed by atoms with van der Waals surface area (Å²) in [5, 5.41) is 0. The van der Waals surface area contributed by atoms with E-state index in [1.807, 2.05) is 97.1 Å². The minimum Gasteiger partial charge on any atom is -0.457 e. The van der Waals surface area contributed by atoms with Crippen LogP contribution in [-0.2, 0) is 25.7 Å². The van der Waals surface area contributed by atoms with E-state index in [1.54, 1.807) is 0 Å². The van der Waals surface area contributed by atoms with E-state index in [1.165, 1.54) is 151 Å². The molecule has 5 heterocycles. The number of hydrogen-bond acceptors (Lipinski definition) is 12. The van der Waals surface area contributed by atoms with Crippen molar-refractivity contribution in [2.45, 2.75) is 285 Å². The molecule has 664 valence electrons. The van der Waals surface area contributed by atoms with Gasteiger partial charge in [-0.05, 0) is 249 Å². The van der Waals surface area contributed by atoms with Crippen LogP contribution in [0.4, 0.5) is 0 Å². The highest BCUT2D eigenvalue weighted by Crippen LogP contribution is 2.42. The molecular formula is C116H136N8O4. The summed E-state index contributed by atoms with van der Waals surface area (Å²) in [4.78, 5) is 44.2. The second-order valence-electron chi connectivity index (χ2n) is 34.3. The Labute approximate surface area is 765 Å². The van der Waals surface area contributed by atoms with Crippen LogP contribution in [0, 0.1) is 0 Å². The second-order valence-corrected chi connectivity index (χ2v) is 34.3. The highest BCUT2D eigenvalue weighted by molar-refractivity contribution is 6.36. The van der Waals surface area contributed by atoms with Gasteiger partial charge in [0.05, 0.1) is 22.3 Å². The Kier molecular flexibility index (Phi) is 39.0. The van der Waals surface area contributed by atoms with Gasteiger partial charge in [-0.25, -0.2) is 39.9 Å². The highest BCUT2D eigenvalue weighted by Gasteiger charge is 2.36. The number of unbranched alkanes of at least 4 members (excludes halogenated alkanes) is 24. The topological polar surface area (TPSA) is 136 Å². The normalized spacial score (nSPS) is 13.9. The third-order valence-corrected chi connectivity index (χ3v) is 23.8. The molecule has 0 saturated carbocycles. The van der Waals surface area contributed by atoms with Gasteiger partial charge >= 0.3 is 0 Å². The molecule has 13 rings (SSSR count). The maximum atomic E-state index is 7.12. The summed E-state index contributed by atoms with van der Waals surface area (Å²) in [6.07, 6.45) is 82.5. The SMILES string of the molecule is CCC/C=C/C/C=C/CCCCCCCc1cccc(Oc2cccc3c2C2=NC3=NC3=NC(=NC4=NC(=NC5=NC(=N2)c2c(Oc6cccc(CCCCCCC/C=C/C/C=C/CCC)c6)cccc25)c2cccc(Oc5cccc(CCCCCCC/C=C/C/C=C/CCC)c5)c24)c2c(Oc4cccc(CCCCCCC/C=C/C/C=C/CCC)c4)cccc23)c1. The molecule has 5 aliphatic rings. The summed E-state index contributed by atoms with van der Waals surface area (Å²) < 4.78 is 28.5. The molecule has 0 spiro atoms. The fraction of sp³-hybridized carbons (Fsp3) is 0.379. The predicted molar refractivity (Wildman–Crippen MR) is 541 cm³/mol. The molecule has 0 amide bonds. The number of ether oxygens (including phenoxy) is 4. The molecule has 0 aromatic heterocycles. The number of amidine groups is 8. The van der Waals surface area contributed by atoms with E-state index in [-0.39, 0.29) is 0 Å². The number of fused-ring (bicyclic) bond motifs is 16. The molecular weight excluding hydrogens is 1570 g/mol. The van der Waals surface area contributed by atoms with Crippen LogP contribution in [-0.4, -0.2) is 46.7 Å². The first-order valence-electron chi connectivity index (χ1n) is 48.9. The minimum absolute atomic E-state index is 0.357. The lowest BCUT2D eigenvalue weighted by Gasteiger charge is -2.13. The molecule has 8 bridgehead atoms. The van der Waals surface area contributed by atoms with E-state index in [4.69, 9.17) is 58.9 Å². The van der Waals surface area contributed by atoms with Crippen molar-refractivity contribution in [3.63, 3.8) is 0 Å². The van der Waals surface area contributed by atoms with Gasteiger partial charge < -0.3 is 18.9 Å². The van der Waals surface area contributed by atoms with Gasteiger partial charge in [-0.3, -0.25) is 0 Å². The molecule has 8 aromatic rings. The number of allylic oxidation sites excluding steroid dienone is 16. The zero-order valence-corrected chi connectivity index (χ0v) is 76.9. The van der Waals surface area contributed by atoms with Crippen molar-refractivity contribution in [1.82, 2.24) is 0 Å². The molecule has 12 heteroatoms. The summed E-state index contributed by atoms with van der Waals surface area (Å²) in [6.45, 7) is 8.90. The smallest absolute Gasteiger partial charge is 0.168 e. The molecule has 12 nitrogen and oxygen atoms in total. The fourth-order valence-electron chi connectivity index (χ4n) is 16.8. The van der Waals surface area contributed by atoms with Gasteiger partial charge in [0.1, 0.15) is 46.0 Å². The number of rotatable bonds is 56. The predicted octanol–water partition coefficient (Wildman–Crippen LogP) is 32.7. The van der Waals surface area contributed by atoms with Gasteiger partial charge in [0, 0.05) is 22.3 Å². The summed E-state index contributed by atoms with van der Waals surface area (Å²) >= 11 is 0. The van der Waals surface area contributed by atoms with Crippen LogP contribution in [0.5, 0.6) is 46.0 Å². The summed E-state index contributed by atoms with van der Waals surface area (Å²) in [7, 11) is 0. The number of benzene rings is 8. The maximum Gasteiger partial charge on any atom is 0.168 e. The van der Waals surface area contributed by atoms with Crippen LogP contribution in [0.1, 0.15) is 326 Å². The molecule has 8 aromatic carbocycles. The number of nitrogens with zero attached hydrogens (tertiary/aromatic N) is 8. The molecule has 0 aliphatic carbocycles. The van der Waals surface area contributed by atoms with E-state index >= 15 is 0 Å². The third kappa shape index (κ3) is 29.1. The Morgan fingerprint density at radius 1 is 0.195 bits per heavy atom. The van der Waals surface area contributed by atoms with E-state index in [9.17, 15) is 0 Å². The van der Waals surface area contributed by atoms with Gasteiger partial charge in [0.25, 0.3) is 0 Å². The van der Waals surface area contributed by atoms with Crippen LogP contribution >= 0.6 is 0 Å². The minimum atomic E-state index is 0.357. The van der Waals surface area contributed by atoms with Crippen molar-refractivity contribution in [1.29, 1.82) is 0 Å². The van der Waals surface area contributed by atoms with Crippen molar-refractivity contribution in [3.05, 3.63) is 334 Å². The molecule has 5 aliphatic heterocycles. The molecule has 0 fully saturated rings. The largest absolute Gasteiger partial charge is 0.457 e. The van der Waals surface area contributed by atoms with Crippen molar-refractivity contribution >= 4 is 46.7 Å². The zero-order chi connectivity index (χ0) is 88.0. The summed E-state index contributed by atoms with van der Waals surface area (Å²) in [6, 6.07) is 58.1. The van der Waals surface area contributed by atoms with Gasteiger partial charge in [-0.15, -0.1) is 0 Å². The molecule has 0 radical (unpaired) electrons. The number of hydrogen-bond donors (Lipinski definition) is 0. The first-order valence-corrected chi connectivity index (χ1v) is 48.9. The Morgan fingerprint density at radius 3 is 0.633 bits per heavy atom. The lowest BCUT2D eigenvalue weighted by molar-refractivity contribution is 0.480. The standard InChI is InChI=1S/C116H136N8O4/c1-5-9-13-17-21-25-29-33-37-41-45-49-53-65-89-69-57-73-93(85-89)125-101-81-61-77-97-105(101)113-119-109(97)117-110-99-79-63-83-103(127-95-75-59-71-91(87-95)67-55-51-47-43-39-35-31-27-23-19-15-11-7-3)107(99)115(121-110)124-116-108-100(80-64-84-104(108)128-96-76-60-72-92(88-96)68-56-52-48-44-40-36-32-28-24-20-16-12-8-4)112(122-116)118-111-98-78-62-82-102(106(98)114(120-111)123-113)126-94-74-58-70-90(86-94)66-54-50-46-42-38-34-30-26-22-18-14-10-6-2/h13-20,25-32,57-64,69-88H,5-12,21-24,33-56,65-68H2,1-4H3/b17-13+,18-14+,19-15+,20-16+,29-25+,30-26+,31-27+,32-28+,117-109?,117-110?,118-111?,118-112?,123-113?,123-114?,124-115?,124-116?. The lowest BCUT2D eigenvalue weighted by Crippen LogP contribution is -2.06. The Balaban J connectivity index is 0.827. The number of aryl methyl sites for hydroxylation is 4. The summed E-state index contributed by atoms with van der Waals surface area (Å²) in [5.41, 5.74) is 10.4. The van der Waals surface area contributed by atoms with Crippen molar-refractivity contribution in [2.75, 3.05) is 0 Å². The van der Waals surface area contributed by atoms with Crippen LogP contribution in [0.3, 0.4) is 0 Å². The first-order chi connectivity index (χ1) is 63.4. The average molecular weight is 1710 g/mol. The Hall–Kier alpha value is -11.8. The van der Waals surface area contributed by atoms with Crippen LogP contribution < -0.4 is 18.9 Å². The third-order valence-electron chi connectivity index (χ3n) is 23.8. The van der Waals surface area contributed by atoms with Crippen LogP contribution in [0.25, 0.3) is 0 Å². The molecule has 128 heavy (non-hydrogen) atoms. The van der Waals surface area contributed by atoms with E-state index < -0.39 is 0 Å². The van der Waals surface area contributed by atoms with Gasteiger partial charge in [0.15, 0.2) is 46.7 Å². The van der Waals surface area contributed by atoms with E-state index in [0.29, 0.717) is 137 Å². The lowest BCUT2D eigenvalue weighted by atomic mass is 10.0. The summed E-state index contributed by atoms with van der Waals surface area (Å²) in [5.74, 6) is 8.13. The molecule has 0 unspecified atom stereocenters. The van der Waals surface area contributed by atoms with Crippen molar-refractivity contribution < 1.29 is 18.9 Å². The Bertz CT molecular complexity index is 5120.